The molecule has 0 aromatic carbocycles. The van der Waals surface area contributed by atoms with Gasteiger partial charge in [0.1, 0.15) is 5.82 Å². The van der Waals surface area contributed by atoms with Gasteiger partial charge in [-0.1, -0.05) is 0 Å². The number of hydrogen-bond acceptors (Lipinski definition) is 3. The van der Waals surface area contributed by atoms with Crippen LogP contribution in [-0.2, 0) is 11.2 Å². The lowest BCUT2D eigenvalue weighted by atomic mass is 9.91. The molecule has 0 bridgehead atoms. The number of aryl methyl sites for hydroxylation is 1. The third-order valence-corrected chi connectivity index (χ3v) is 3.16. The predicted molar refractivity (Wildman–Crippen MR) is 60.6 cm³/mol. The van der Waals surface area contributed by atoms with E-state index < -0.39 is 0 Å². The second-order valence-corrected chi connectivity index (χ2v) is 4.25. The summed E-state index contributed by atoms with van der Waals surface area (Å²) < 4.78 is 5.35. The molecule has 1 fully saturated rings. The zero-order valence-corrected chi connectivity index (χ0v) is 9.20. The summed E-state index contributed by atoms with van der Waals surface area (Å²) in [5.74, 6) is 1.41. The Hall–Kier alpha value is -1.09. The maximum absolute atomic E-state index is 5.90. The van der Waals surface area contributed by atoms with Gasteiger partial charge >= 0.3 is 0 Å². The molecule has 2 N–H and O–H groups in total. The Bertz CT molecular complexity index is 312. The van der Waals surface area contributed by atoms with Crippen molar-refractivity contribution in [1.29, 1.82) is 0 Å². The molecular formula is C12H18N2O. The molecule has 1 aliphatic heterocycles. The monoisotopic (exact) mass is 206 g/mol. The summed E-state index contributed by atoms with van der Waals surface area (Å²) in [6, 6.07) is 2.03. The Morgan fingerprint density at radius 3 is 2.87 bits per heavy atom. The number of rotatable bonds is 2. The minimum Gasteiger partial charge on any atom is -0.383 e. The van der Waals surface area contributed by atoms with Crippen LogP contribution in [0.15, 0.2) is 12.3 Å². The van der Waals surface area contributed by atoms with E-state index in [9.17, 15) is 0 Å². The largest absolute Gasteiger partial charge is 0.383 e. The van der Waals surface area contributed by atoms with Crippen LogP contribution in [0, 0.1) is 12.8 Å². The van der Waals surface area contributed by atoms with Crippen LogP contribution in [0.3, 0.4) is 0 Å². The molecule has 2 rings (SSSR count). The van der Waals surface area contributed by atoms with Crippen molar-refractivity contribution < 1.29 is 4.74 Å². The molecule has 0 radical (unpaired) electrons. The Labute approximate surface area is 90.7 Å². The summed E-state index contributed by atoms with van der Waals surface area (Å²) in [5.41, 5.74) is 8.38. The lowest BCUT2D eigenvalue weighted by molar-refractivity contribution is 0.0665. The molecule has 0 atom stereocenters. The van der Waals surface area contributed by atoms with Gasteiger partial charge in [0.15, 0.2) is 0 Å². The number of nitrogens with zero attached hydrogens (tertiary/aromatic N) is 1. The average Bonchev–Trinajstić information content (AvgIpc) is 2.25. The molecular weight excluding hydrogens is 188 g/mol. The first-order chi connectivity index (χ1) is 7.27. The van der Waals surface area contributed by atoms with Crippen LogP contribution in [0.1, 0.15) is 24.0 Å². The van der Waals surface area contributed by atoms with Crippen molar-refractivity contribution in [2.45, 2.75) is 26.2 Å². The van der Waals surface area contributed by atoms with Gasteiger partial charge in [0, 0.05) is 19.4 Å². The van der Waals surface area contributed by atoms with Crippen LogP contribution in [-0.4, -0.2) is 18.2 Å². The van der Waals surface area contributed by atoms with Crippen LogP contribution in [0.4, 0.5) is 5.82 Å². The Morgan fingerprint density at radius 1 is 1.47 bits per heavy atom. The van der Waals surface area contributed by atoms with E-state index in [0.29, 0.717) is 11.7 Å². The summed E-state index contributed by atoms with van der Waals surface area (Å²) >= 11 is 0. The molecule has 1 aliphatic rings. The molecule has 0 amide bonds. The van der Waals surface area contributed by atoms with Crippen molar-refractivity contribution >= 4 is 5.82 Å². The number of nitrogens with two attached hydrogens (primary N) is 1. The smallest absolute Gasteiger partial charge is 0.126 e. The number of anilines is 1. The molecule has 2 heterocycles. The summed E-state index contributed by atoms with van der Waals surface area (Å²) in [6.45, 7) is 3.89. The minimum absolute atomic E-state index is 0.696. The van der Waals surface area contributed by atoms with Crippen molar-refractivity contribution in [3.05, 3.63) is 23.4 Å². The standard InChI is InChI=1S/C12H18N2O/c1-9-2-5-14-12(13)11(9)8-10-3-6-15-7-4-10/h2,5,10H,3-4,6-8H2,1H3,(H2,13,14). The number of nitrogen functional groups attached to an aromatic ring is 1. The van der Waals surface area contributed by atoms with Crippen LogP contribution < -0.4 is 5.73 Å². The highest BCUT2D eigenvalue weighted by Crippen LogP contribution is 2.24. The third kappa shape index (κ3) is 2.48. The van der Waals surface area contributed by atoms with Gasteiger partial charge in [-0.2, -0.15) is 0 Å². The number of pyridine rings is 1. The molecule has 0 spiro atoms. The molecule has 82 valence electrons. The SMILES string of the molecule is Cc1ccnc(N)c1CC1CCOCC1. The van der Waals surface area contributed by atoms with Crippen molar-refractivity contribution in [3.63, 3.8) is 0 Å². The second-order valence-electron chi connectivity index (χ2n) is 4.25. The summed E-state index contributed by atoms with van der Waals surface area (Å²) in [6.07, 6.45) is 5.12. The Balaban J connectivity index is 2.09. The van der Waals surface area contributed by atoms with Crippen molar-refractivity contribution in [2.75, 3.05) is 18.9 Å². The van der Waals surface area contributed by atoms with E-state index >= 15 is 0 Å². The highest BCUT2D eigenvalue weighted by molar-refractivity contribution is 5.43. The summed E-state index contributed by atoms with van der Waals surface area (Å²) in [7, 11) is 0. The lowest BCUT2D eigenvalue weighted by Gasteiger charge is -2.23. The fraction of sp³-hybridized carbons (Fsp3) is 0.583. The van der Waals surface area contributed by atoms with E-state index in [2.05, 4.69) is 11.9 Å². The molecule has 1 aromatic heterocycles. The average molecular weight is 206 g/mol. The fourth-order valence-corrected chi connectivity index (χ4v) is 2.11. The molecule has 1 aromatic rings. The maximum Gasteiger partial charge on any atom is 0.126 e. The van der Waals surface area contributed by atoms with E-state index in [4.69, 9.17) is 10.5 Å². The minimum atomic E-state index is 0.696. The highest BCUT2D eigenvalue weighted by Gasteiger charge is 2.16. The van der Waals surface area contributed by atoms with Gasteiger partial charge in [-0.25, -0.2) is 4.98 Å². The maximum atomic E-state index is 5.90. The highest BCUT2D eigenvalue weighted by atomic mass is 16.5. The van der Waals surface area contributed by atoms with Crippen LogP contribution in [0.25, 0.3) is 0 Å². The van der Waals surface area contributed by atoms with Gasteiger partial charge in [-0.15, -0.1) is 0 Å². The fourth-order valence-electron chi connectivity index (χ4n) is 2.11. The van der Waals surface area contributed by atoms with Gasteiger partial charge < -0.3 is 10.5 Å². The molecule has 0 unspecified atom stereocenters. The zero-order valence-electron chi connectivity index (χ0n) is 9.20. The van der Waals surface area contributed by atoms with Gasteiger partial charge in [-0.3, -0.25) is 0 Å². The summed E-state index contributed by atoms with van der Waals surface area (Å²) in [5, 5.41) is 0. The Morgan fingerprint density at radius 2 is 2.20 bits per heavy atom. The number of aromatic nitrogens is 1. The Kier molecular flexibility index (Phi) is 3.21. The van der Waals surface area contributed by atoms with Crippen molar-refractivity contribution in [3.8, 4) is 0 Å². The van der Waals surface area contributed by atoms with E-state index in [1.165, 1.54) is 11.1 Å². The topological polar surface area (TPSA) is 48.1 Å². The summed E-state index contributed by atoms with van der Waals surface area (Å²) in [4.78, 5) is 4.15. The van der Waals surface area contributed by atoms with Crippen LogP contribution >= 0.6 is 0 Å². The van der Waals surface area contributed by atoms with Gasteiger partial charge in [0.05, 0.1) is 0 Å². The van der Waals surface area contributed by atoms with Crippen LogP contribution in [0.2, 0.25) is 0 Å². The molecule has 3 heteroatoms. The van der Waals surface area contributed by atoms with Crippen molar-refractivity contribution in [1.82, 2.24) is 4.98 Å². The lowest BCUT2D eigenvalue weighted by Crippen LogP contribution is -2.18. The molecule has 15 heavy (non-hydrogen) atoms. The van der Waals surface area contributed by atoms with Crippen LogP contribution in [0.5, 0.6) is 0 Å². The first-order valence-electron chi connectivity index (χ1n) is 5.55. The van der Waals surface area contributed by atoms with Gasteiger partial charge in [0.2, 0.25) is 0 Å². The first kappa shape index (κ1) is 10.4. The van der Waals surface area contributed by atoms with E-state index in [1.54, 1.807) is 6.20 Å². The van der Waals surface area contributed by atoms with Crippen molar-refractivity contribution in [2.24, 2.45) is 5.92 Å². The molecule has 0 aliphatic carbocycles. The van der Waals surface area contributed by atoms with E-state index in [-0.39, 0.29) is 0 Å². The first-order valence-corrected chi connectivity index (χ1v) is 5.55. The van der Waals surface area contributed by atoms with Gasteiger partial charge in [0.25, 0.3) is 0 Å². The number of hydrogen-bond donors (Lipinski definition) is 1. The normalized spacial score (nSPS) is 17.9. The zero-order chi connectivity index (χ0) is 10.7. The second kappa shape index (κ2) is 4.62. The molecule has 1 saturated heterocycles. The van der Waals surface area contributed by atoms with Gasteiger partial charge in [-0.05, 0) is 49.3 Å². The third-order valence-electron chi connectivity index (χ3n) is 3.16. The molecule has 0 saturated carbocycles. The van der Waals surface area contributed by atoms with E-state index in [1.807, 2.05) is 6.07 Å². The molecule has 3 nitrogen and oxygen atoms in total. The predicted octanol–water partition coefficient (Wildman–Crippen LogP) is 1.94. The quantitative estimate of drug-likeness (QED) is 0.804. The van der Waals surface area contributed by atoms with E-state index in [0.717, 1.165) is 32.5 Å². The number of ether oxygens (including phenoxy) is 1.